The van der Waals surface area contributed by atoms with Crippen molar-refractivity contribution in [1.82, 2.24) is 0 Å². The molecule has 0 aromatic heterocycles. The lowest BCUT2D eigenvalue weighted by atomic mass is 10.4. The molecule has 1 aromatic carbocycles. The minimum absolute atomic E-state index is 0.191. The Morgan fingerprint density at radius 3 is 1.89 bits per heavy atom. The van der Waals surface area contributed by atoms with E-state index >= 15 is 0 Å². The van der Waals surface area contributed by atoms with Crippen LogP contribution >= 0.6 is 10.3 Å². The molecule has 0 amide bonds. The largest absolute Gasteiger partial charge is 0.523 e. The van der Waals surface area contributed by atoms with Crippen molar-refractivity contribution in [3.05, 3.63) is 30.1 Å². The molecule has 0 heterocycles. The summed E-state index contributed by atoms with van der Waals surface area (Å²) in [7, 11) is -8.36. The summed E-state index contributed by atoms with van der Waals surface area (Å²) in [6.07, 6.45) is 2.45. The van der Waals surface area contributed by atoms with Gasteiger partial charge in [0.1, 0.15) is 5.82 Å². The standard InChI is InChI=1S/C9H10F4O3S2/c1-17(2,8-5-3-7(10)4-6-8)16-18(14,15)9(11,12)13/h3-6H,1-2H3. The van der Waals surface area contributed by atoms with Crippen LogP contribution in [0.25, 0.3) is 0 Å². The summed E-state index contributed by atoms with van der Waals surface area (Å²) in [5.41, 5.74) is -5.47. The number of hydrogen-bond donors (Lipinski definition) is 0. The lowest BCUT2D eigenvalue weighted by Gasteiger charge is -2.30. The molecule has 0 aliphatic heterocycles. The molecular weight excluding hydrogens is 296 g/mol. The Morgan fingerprint density at radius 2 is 1.50 bits per heavy atom. The van der Waals surface area contributed by atoms with Crippen molar-refractivity contribution < 1.29 is 29.6 Å². The summed E-state index contributed by atoms with van der Waals surface area (Å²) >= 11 is 0. The molecule has 0 aliphatic rings. The molecule has 0 unspecified atom stereocenters. The van der Waals surface area contributed by atoms with Gasteiger partial charge in [-0.15, -0.1) is 0 Å². The highest BCUT2D eigenvalue weighted by molar-refractivity contribution is 8.32. The molecule has 0 fully saturated rings. The molecule has 1 aromatic rings. The van der Waals surface area contributed by atoms with E-state index in [2.05, 4.69) is 3.63 Å². The van der Waals surface area contributed by atoms with Crippen LogP contribution in [0.15, 0.2) is 29.2 Å². The van der Waals surface area contributed by atoms with Crippen molar-refractivity contribution in [3.8, 4) is 0 Å². The minimum Gasteiger partial charge on any atom is -0.209 e. The third-order valence-electron chi connectivity index (χ3n) is 1.92. The smallest absolute Gasteiger partial charge is 0.209 e. The van der Waals surface area contributed by atoms with Crippen LogP contribution in [0.5, 0.6) is 0 Å². The lowest BCUT2D eigenvalue weighted by Crippen LogP contribution is -2.26. The second-order valence-electron chi connectivity index (χ2n) is 3.65. The number of benzene rings is 1. The summed E-state index contributed by atoms with van der Waals surface area (Å²) in [4.78, 5) is 0.191. The Balaban J connectivity index is 3.06. The molecule has 0 bridgehead atoms. The highest BCUT2D eigenvalue weighted by atomic mass is 32.3. The average molecular weight is 306 g/mol. The summed E-state index contributed by atoms with van der Waals surface area (Å²) in [5, 5.41) is 0. The minimum atomic E-state index is -5.67. The first-order valence-corrected chi connectivity index (χ1v) is 8.25. The Kier molecular flexibility index (Phi) is 3.99. The third-order valence-corrected chi connectivity index (χ3v) is 5.98. The molecule has 9 heteroatoms. The highest BCUT2D eigenvalue weighted by Crippen LogP contribution is 2.53. The zero-order valence-corrected chi connectivity index (χ0v) is 11.0. The fraction of sp³-hybridized carbons (Fsp3) is 0.333. The third kappa shape index (κ3) is 3.36. The number of halogens is 4. The van der Waals surface area contributed by atoms with Crippen molar-refractivity contribution in [2.24, 2.45) is 0 Å². The van der Waals surface area contributed by atoms with Crippen LogP contribution in [0.3, 0.4) is 0 Å². The van der Waals surface area contributed by atoms with Crippen LogP contribution in [0.2, 0.25) is 0 Å². The van der Waals surface area contributed by atoms with Gasteiger partial charge in [0, 0.05) is 4.90 Å². The van der Waals surface area contributed by atoms with Gasteiger partial charge in [0.25, 0.3) is 0 Å². The molecule has 0 radical (unpaired) electrons. The number of alkyl halides is 3. The number of hydrogen-bond acceptors (Lipinski definition) is 3. The van der Waals surface area contributed by atoms with E-state index in [1.54, 1.807) is 0 Å². The van der Waals surface area contributed by atoms with E-state index < -0.39 is 31.8 Å². The van der Waals surface area contributed by atoms with E-state index in [1.165, 1.54) is 24.6 Å². The molecule has 3 nitrogen and oxygen atoms in total. The van der Waals surface area contributed by atoms with Crippen molar-refractivity contribution in [3.63, 3.8) is 0 Å². The maximum absolute atomic E-state index is 12.7. The van der Waals surface area contributed by atoms with Crippen LogP contribution < -0.4 is 0 Å². The van der Waals surface area contributed by atoms with E-state index in [4.69, 9.17) is 0 Å². The molecule has 0 aliphatic carbocycles. The van der Waals surface area contributed by atoms with Gasteiger partial charge in [-0.25, -0.2) is 8.02 Å². The van der Waals surface area contributed by atoms with E-state index in [1.807, 2.05) is 0 Å². The van der Waals surface area contributed by atoms with Crippen molar-refractivity contribution in [2.45, 2.75) is 10.4 Å². The van der Waals surface area contributed by atoms with Gasteiger partial charge in [-0.05, 0) is 36.8 Å². The molecule has 0 spiro atoms. The second-order valence-corrected chi connectivity index (χ2v) is 8.51. The molecule has 104 valence electrons. The van der Waals surface area contributed by atoms with Crippen LogP contribution in [0.4, 0.5) is 17.6 Å². The van der Waals surface area contributed by atoms with E-state index in [9.17, 15) is 26.0 Å². The molecule has 18 heavy (non-hydrogen) atoms. The number of rotatable bonds is 3. The fourth-order valence-corrected chi connectivity index (χ4v) is 4.27. The molecular formula is C9H10F4O3S2. The van der Waals surface area contributed by atoms with Gasteiger partial charge in [0.2, 0.25) is 0 Å². The topological polar surface area (TPSA) is 43.4 Å². The molecule has 0 saturated heterocycles. The van der Waals surface area contributed by atoms with Crippen LogP contribution in [-0.4, -0.2) is 26.4 Å². The van der Waals surface area contributed by atoms with E-state index in [-0.39, 0.29) is 4.90 Å². The summed E-state index contributed by atoms with van der Waals surface area (Å²) in [5.74, 6) is -0.576. The normalized spacial score (nSPS) is 14.6. The Bertz CT molecular complexity index is 520. The molecule has 0 atom stereocenters. The monoisotopic (exact) mass is 306 g/mol. The van der Waals surface area contributed by atoms with E-state index in [0.29, 0.717) is 0 Å². The predicted molar refractivity (Wildman–Crippen MR) is 60.2 cm³/mol. The zero-order valence-electron chi connectivity index (χ0n) is 9.36. The Morgan fingerprint density at radius 1 is 1.06 bits per heavy atom. The van der Waals surface area contributed by atoms with Gasteiger partial charge < -0.3 is 0 Å². The van der Waals surface area contributed by atoms with Crippen molar-refractivity contribution >= 4 is 20.4 Å². The highest BCUT2D eigenvalue weighted by Gasteiger charge is 2.49. The average Bonchev–Trinajstić information content (AvgIpc) is 2.14. The van der Waals surface area contributed by atoms with Gasteiger partial charge in [0.05, 0.1) is 0 Å². The quantitative estimate of drug-likeness (QED) is 0.637. The van der Waals surface area contributed by atoms with Crippen LogP contribution in [0, 0.1) is 5.82 Å². The van der Waals surface area contributed by atoms with Gasteiger partial charge in [-0.2, -0.15) is 21.6 Å². The molecule has 1 rings (SSSR count). The van der Waals surface area contributed by atoms with Crippen LogP contribution in [0.1, 0.15) is 0 Å². The van der Waals surface area contributed by atoms with Crippen molar-refractivity contribution in [1.29, 1.82) is 0 Å². The Labute approximate surface area is 103 Å². The van der Waals surface area contributed by atoms with Gasteiger partial charge >= 0.3 is 15.6 Å². The molecule has 0 saturated carbocycles. The predicted octanol–water partition coefficient (Wildman–Crippen LogP) is 3.03. The first-order chi connectivity index (χ1) is 7.96. The van der Waals surface area contributed by atoms with Gasteiger partial charge in [0.15, 0.2) is 0 Å². The first-order valence-electron chi connectivity index (χ1n) is 4.47. The summed E-state index contributed by atoms with van der Waals surface area (Å²) < 4.78 is 75.3. The first kappa shape index (κ1) is 15.3. The Hall–Kier alpha value is -0.800. The lowest BCUT2D eigenvalue weighted by molar-refractivity contribution is -0.0495. The maximum Gasteiger partial charge on any atom is 0.523 e. The van der Waals surface area contributed by atoms with Crippen LogP contribution in [-0.2, 0) is 13.7 Å². The van der Waals surface area contributed by atoms with Crippen molar-refractivity contribution in [2.75, 3.05) is 12.5 Å². The SMILES string of the molecule is CS(C)(OS(=O)(=O)C(F)(F)F)c1ccc(F)cc1. The second kappa shape index (κ2) is 4.71. The molecule has 0 N–H and O–H groups in total. The van der Waals surface area contributed by atoms with Gasteiger partial charge in [-0.3, -0.25) is 0 Å². The summed E-state index contributed by atoms with van der Waals surface area (Å²) in [6.45, 7) is 0. The summed E-state index contributed by atoms with van der Waals surface area (Å²) in [6, 6.07) is 4.43. The fourth-order valence-electron chi connectivity index (χ4n) is 1.06. The maximum atomic E-state index is 12.7. The van der Waals surface area contributed by atoms with Gasteiger partial charge in [-0.1, -0.05) is 10.3 Å². The zero-order chi connectivity index (χ0) is 14.2. The van der Waals surface area contributed by atoms with E-state index in [0.717, 1.165) is 12.1 Å².